The lowest BCUT2D eigenvalue weighted by Gasteiger charge is -2.04. The van der Waals surface area contributed by atoms with E-state index in [9.17, 15) is 9.59 Å². The lowest BCUT2D eigenvalue weighted by atomic mass is 10.1. The van der Waals surface area contributed by atoms with E-state index in [-0.39, 0.29) is 12.5 Å². The Labute approximate surface area is 132 Å². The average molecular weight is 316 g/mol. The van der Waals surface area contributed by atoms with Crippen LogP contribution in [-0.2, 0) is 4.74 Å². The van der Waals surface area contributed by atoms with Gasteiger partial charge in [-0.25, -0.2) is 9.78 Å². The highest BCUT2D eigenvalue weighted by atomic mass is 32.1. The van der Waals surface area contributed by atoms with Crippen molar-refractivity contribution in [1.82, 2.24) is 4.98 Å². The molecule has 0 atom stereocenters. The number of ether oxygens (including phenoxy) is 1. The van der Waals surface area contributed by atoms with E-state index in [0.29, 0.717) is 21.3 Å². The van der Waals surface area contributed by atoms with Crippen molar-refractivity contribution in [2.75, 3.05) is 11.9 Å². The first-order chi connectivity index (χ1) is 10.5. The third kappa shape index (κ3) is 3.59. The van der Waals surface area contributed by atoms with Gasteiger partial charge >= 0.3 is 5.97 Å². The quantitative estimate of drug-likeness (QED) is 0.678. The second-order valence-electron chi connectivity index (χ2n) is 4.59. The molecule has 2 rings (SSSR count). The Balaban J connectivity index is 2.14. The minimum atomic E-state index is -0.466. The number of aromatic nitrogens is 1. The summed E-state index contributed by atoms with van der Waals surface area (Å²) in [5, 5.41) is 3.08. The molecule has 0 fully saturated rings. The second kappa shape index (κ2) is 7.00. The monoisotopic (exact) mass is 316 g/mol. The number of rotatable bonds is 5. The Morgan fingerprint density at radius 3 is 2.77 bits per heavy atom. The fourth-order valence-corrected chi connectivity index (χ4v) is 2.69. The van der Waals surface area contributed by atoms with E-state index < -0.39 is 5.97 Å². The minimum absolute atomic E-state index is 0.140. The van der Waals surface area contributed by atoms with E-state index >= 15 is 0 Å². The highest BCUT2D eigenvalue weighted by Gasteiger charge is 2.18. The van der Waals surface area contributed by atoms with Crippen LogP contribution in [0.2, 0.25) is 0 Å². The maximum atomic E-state index is 12.2. The summed E-state index contributed by atoms with van der Waals surface area (Å²) in [6.07, 6.45) is 1.50. The normalized spacial score (nSPS) is 10.1. The van der Waals surface area contributed by atoms with Crippen molar-refractivity contribution in [2.45, 2.75) is 13.8 Å². The van der Waals surface area contributed by atoms with Gasteiger partial charge in [0.2, 0.25) is 0 Å². The van der Waals surface area contributed by atoms with Gasteiger partial charge in [0.25, 0.3) is 5.91 Å². The predicted octanol–water partition coefficient (Wildman–Crippen LogP) is 3.36. The van der Waals surface area contributed by atoms with Crippen LogP contribution < -0.4 is 5.32 Å². The van der Waals surface area contributed by atoms with Gasteiger partial charge in [-0.15, -0.1) is 0 Å². The maximum absolute atomic E-state index is 12.2. The molecular weight excluding hydrogens is 300 g/mol. The Kier molecular flexibility index (Phi) is 5.06. The average Bonchev–Trinajstić information content (AvgIpc) is 2.85. The summed E-state index contributed by atoms with van der Waals surface area (Å²) in [7, 11) is 0. The molecule has 0 aliphatic heterocycles. The highest BCUT2D eigenvalue weighted by Crippen LogP contribution is 2.24. The van der Waals surface area contributed by atoms with Crippen molar-refractivity contribution in [2.24, 2.45) is 0 Å². The number of aryl methyl sites for hydroxylation is 2. The van der Waals surface area contributed by atoms with E-state index in [2.05, 4.69) is 16.9 Å². The molecule has 1 aromatic heterocycles. The van der Waals surface area contributed by atoms with Crippen LogP contribution in [0.15, 0.2) is 36.9 Å². The standard InChI is InChI=1S/C16H16N2O3S/c1-4-9-21-15(20)13-11(3)17-16(22-13)18-14(19)12-8-6-5-7-10(12)2/h4-8H,1,9H2,2-3H3,(H,17,18,19). The molecule has 0 unspecified atom stereocenters. The van der Waals surface area contributed by atoms with E-state index in [1.54, 1.807) is 19.1 Å². The van der Waals surface area contributed by atoms with E-state index in [1.165, 1.54) is 6.08 Å². The van der Waals surface area contributed by atoms with Crippen LogP contribution in [0.3, 0.4) is 0 Å². The summed E-state index contributed by atoms with van der Waals surface area (Å²) < 4.78 is 4.98. The molecule has 0 aliphatic carbocycles. The van der Waals surface area contributed by atoms with Crippen molar-refractivity contribution in [3.05, 3.63) is 58.6 Å². The van der Waals surface area contributed by atoms with Crippen LogP contribution in [-0.4, -0.2) is 23.5 Å². The van der Waals surface area contributed by atoms with Gasteiger partial charge in [0.05, 0.1) is 5.69 Å². The number of amides is 1. The van der Waals surface area contributed by atoms with Crippen molar-refractivity contribution in [1.29, 1.82) is 0 Å². The molecule has 114 valence electrons. The van der Waals surface area contributed by atoms with Gasteiger partial charge in [-0.3, -0.25) is 10.1 Å². The number of hydrogen-bond donors (Lipinski definition) is 1. The topological polar surface area (TPSA) is 68.3 Å². The number of anilines is 1. The lowest BCUT2D eigenvalue weighted by molar-refractivity contribution is 0.0554. The summed E-state index contributed by atoms with van der Waals surface area (Å²) in [6, 6.07) is 7.27. The number of benzene rings is 1. The number of thiazole rings is 1. The smallest absolute Gasteiger partial charge is 0.350 e. The Morgan fingerprint density at radius 1 is 1.36 bits per heavy atom. The molecule has 1 heterocycles. The van der Waals surface area contributed by atoms with E-state index in [1.807, 2.05) is 19.1 Å². The molecule has 0 radical (unpaired) electrons. The second-order valence-corrected chi connectivity index (χ2v) is 5.59. The molecule has 1 amide bonds. The SMILES string of the molecule is C=CCOC(=O)c1sc(NC(=O)c2ccccc2C)nc1C. The number of carbonyl (C=O) groups excluding carboxylic acids is 2. The fraction of sp³-hybridized carbons (Fsp3) is 0.188. The maximum Gasteiger partial charge on any atom is 0.350 e. The molecule has 0 spiro atoms. The number of carbonyl (C=O) groups is 2. The summed E-state index contributed by atoms with van der Waals surface area (Å²) in [5.74, 6) is -0.718. The Bertz CT molecular complexity index is 722. The first kappa shape index (κ1) is 15.9. The van der Waals surface area contributed by atoms with E-state index in [0.717, 1.165) is 16.9 Å². The number of esters is 1. The molecule has 22 heavy (non-hydrogen) atoms. The Hall–Kier alpha value is -2.47. The van der Waals surface area contributed by atoms with Gasteiger partial charge in [-0.1, -0.05) is 42.2 Å². The fourth-order valence-electron chi connectivity index (χ4n) is 1.83. The first-order valence-electron chi connectivity index (χ1n) is 6.65. The molecule has 5 nitrogen and oxygen atoms in total. The summed E-state index contributed by atoms with van der Waals surface area (Å²) in [4.78, 5) is 28.6. The van der Waals surface area contributed by atoms with Crippen molar-refractivity contribution in [3.8, 4) is 0 Å². The minimum Gasteiger partial charge on any atom is -0.457 e. The molecular formula is C16H16N2O3S. The van der Waals surface area contributed by atoms with Gasteiger partial charge in [0.1, 0.15) is 11.5 Å². The highest BCUT2D eigenvalue weighted by molar-refractivity contribution is 7.17. The van der Waals surface area contributed by atoms with Crippen LogP contribution in [0.5, 0.6) is 0 Å². The largest absolute Gasteiger partial charge is 0.457 e. The summed E-state index contributed by atoms with van der Waals surface area (Å²) >= 11 is 1.10. The number of nitrogens with zero attached hydrogens (tertiary/aromatic N) is 1. The summed E-state index contributed by atoms with van der Waals surface area (Å²) in [5.41, 5.74) is 1.98. The molecule has 1 N–H and O–H groups in total. The first-order valence-corrected chi connectivity index (χ1v) is 7.47. The number of hydrogen-bond acceptors (Lipinski definition) is 5. The zero-order valence-electron chi connectivity index (χ0n) is 12.4. The third-order valence-corrected chi connectivity index (χ3v) is 3.98. The van der Waals surface area contributed by atoms with Gasteiger partial charge < -0.3 is 4.74 Å². The van der Waals surface area contributed by atoms with Gasteiger partial charge in [-0.05, 0) is 25.5 Å². The molecule has 2 aromatic rings. The van der Waals surface area contributed by atoms with Crippen molar-refractivity contribution in [3.63, 3.8) is 0 Å². The van der Waals surface area contributed by atoms with Crippen LogP contribution >= 0.6 is 11.3 Å². The lowest BCUT2D eigenvalue weighted by Crippen LogP contribution is -2.12. The van der Waals surface area contributed by atoms with Crippen molar-refractivity contribution < 1.29 is 14.3 Å². The predicted molar refractivity (Wildman–Crippen MR) is 86.5 cm³/mol. The molecule has 0 bridgehead atoms. The third-order valence-electron chi connectivity index (χ3n) is 2.92. The molecule has 6 heteroatoms. The molecule has 0 saturated heterocycles. The summed E-state index contributed by atoms with van der Waals surface area (Å²) in [6.45, 7) is 7.19. The van der Waals surface area contributed by atoms with Crippen LogP contribution in [0.1, 0.15) is 31.3 Å². The van der Waals surface area contributed by atoms with Gasteiger partial charge in [0, 0.05) is 5.56 Å². The molecule has 0 aliphatic rings. The van der Waals surface area contributed by atoms with E-state index in [4.69, 9.17) is 4.74 Å². The van der Waals surface area contributed by atoms with Crippen molar-refractivity contribution >= 4 is 28.3 Å². The van der Waals surface area contributed by atoms with Gasteiger partial charge in [-0.2, -0.15) is 0 Å². The zero-order chi connectivity index (χ0) is 16.1. The molecule has 1 aromatic carbocycles. The molecule has 0 saturated carbocycles. The van der Waals surface area contributed by atoms with Crippen LogP contribution in [0, 0.1) is 13.8 Å². The number of nitrogens with one attached hydrogen (secondary N) is 1. The Morgan fingerprint density at radius 2 is 2.09 bits per heavy atom. The zero-order valence-corrected chi connectivity index (χ0v) is 13.2. The van der Waals surface area contributed by atoms with Crippen LogP contribution in [0.4, 0.5) is 5.13 Å². The van der Waals surface area contributed by atoms with Gasteiger partial charge in [0.15, 0.2) is 5.13 Å². The van der Waals surface area contributed by atoms with Crippen LogP contribution in [0.25, 0.3) is 0 Å².